The monoisotopic (exact) mass is 304 g/mol. The molecule has 1 aromatic heterocycles. The fourth-order valence-corrected chi connectivity index (χ4v) is 2.61. The number of hydrogen-bond donors (Lipinski definition) is 1. The number of carboxylic acids is 1. The van der Waals surface area contributed by atoms with Gasteiger partial charge in [-0.3, -0.25) is 10.1 Å². The standard InChI is InChI=1S/C14H12N2O4S/c17-14(18)13-9-12(5-7-15-13)21-8-6-10-1-3-11(4-2-10)16(19)20/h1-5,7,9H,6,8H2,(H,17,18). The first-order valence-corrected chi connectivity index (χ1v) is 7.10. The van der Waals surface area contributed by atoms with Gasteiger partial charge in [-0.15, -0.1) is 11.8 Å². The fraction of sp³-hybridized carbons (Fsp3) is 0.143. The first-order chi connectivity index (χ1) is 10.1. The van der Waals surface area contributed by atoms with Crippen LogP contribution in [0.25, 0.3) is 0 Å². The van der Waals surface area contributed by atoms with Gasteiger partial charge < -0.3 is 5.11 Å². The highest BCUT2D eigenvalue weighted by Crippen LogP contribution is 2.20. The molecule has 0 radical (unpaired) electrons. The number of nitro groups is 1. The van der Waals surface area contributed by atoms with Crippen molar-refractivity contribution in [1.82, 2.24) is 4.98 Å². The van der Waals surface area contributed by atoms with Crippen LogP contribution in [0.4, 0.5) is 5.69 Å². The number of aryl methyl sites for hydroxylation is 1. The van der Waals surface area contributed by atoms with Crippen LogP contribution in [0.3, 0.4) is 0 Å². The molecule has 1 aromatic carbocycles. The summed E-state index contributed by atoms with van der Waals surface area (Å²) in [5, 5.41) is 19.4. The van der Waals surface area contributed by atoms with Crippen LogP contribution in [-0.4, -0.2) is 26.7 Å². The first-order valence-electron chi connectivity index (χ1n) is 6.12. The first kappa shape index (κ1) is 15.0. The van der Waals surface area contributed by atoms with Crippen molar-refractivity contribution in [2.24, 2.45) is 0 Å². The molecule has 0 aliphatic rings. The van der Waals surface area contributed by atoms with Crippen molar-refractivity contribution in [2.45, 2.75) is 11.3 Å². The Morgan fingerprint density at radius 1 is 1.29 bits per heavy atom. The predicted octanol–water partition coefficient (Wildman–Crippen LogP) is 3.02. The maximum atomic E-state index is 10.8. The Bertz CT molecular complexity index is 658. The Balaban J connectivity index is 1.90. The number of pyridine rings is 1. The van der Waals surface area contributed by atoms with Crippen molar-refractivity contribution >= 4 is 23.4 Å². The molecule has 0 amide bonds. The van der Waals surface area contributed by atoms with E-state index in [1.54, 1.807) is 18.2 Å². The zero-order valence-electron chi connectivity index (χ0n) is 10.9. The van der Waals surface area contributed by atoms with Crippen molar-refractivity contribution in [2.75, 3.05) is 5.75 Å². The van der Waals surface area contributed by atoms with Crippen LogP contribution in [0.2, 0.25) is 0 Å². The van der Waals surface area contributed by atoms with Gasteiger partial charge in [0.2, 0.25) is 0 Å². The van der Waals surface area contributed by atoms with E-state index in [0.29, 0.717) is 0 Å². The van der Waals surface area contributed by atoms with E-state index in [1.165, 1.54) is 36.2 Å². The molecule has 108 valence electrons. The number of carboxylic acid groups (broad SMARTS) is 1. The number of nitro benzene ring substituents is 1. The smallest absolute Gasteiger partial charge is 0.354 e. The van der Waals surface area contributed by atoms with Crippen molar-refractivity contribution in [1.29, 1.82) is 0 Å². The van der Waals surface area contributed by atoms with E-state index < -0.39 is 10.9 Å². The minimum atomic E-state index is -1.05. The maximum absolute atomic E-state index is 10.8. The second-order valence-corrected chi connectivity index (χ2v) is 5.37. The number of benzene rings is 1. The number of carbonyl (C=O) groups is 1. The molecule has 0 bridgehead atoms. The lowest BCUT2D eigenvalue weighted by Crippen LogP contribution is -1.99. The minimum absolute atomic E-state index is 0.0235. The summed E-state index contributed by atoms with van der Waals surface area (Å²) in [5.41, 5.74) is 1.10. The molecule has 1 heterocycles. The van der Waals surface area contributed by atoms with Crippen LogP contribution in [0.15, 0.2) is 47.5 Å². The van der Waals surface area contributed by atoms with Crippen molar-refractivity contribution < 1.29 is 14.8 Å². The minimum Gasteiger partial charge on any atom is -0.477 e. The molecule has 0 saturated heterocycles. The number of thioether (sulfide) groups is 1. The summed E-state index contributed by atoms with van der Waals surface area (Å²) in [5.74, 6) is -0.297. The Morgan fingerprint density at radius 3 is 2.62 bits per heavy atom. The summed E-state index contributed by atoms with van der Waals surface area (Å²) in [6.07, 6.45) is 2.21. The summed E-state index contributed by atoms with van der Waals surface area (Å²) >= 11 is 1.52. The highest BCUT2D eigenvalue weighted by molar-refractivity contribution is 7.99. The topological polar surface area (TPSA) is 93.3 Å². The molecule has 7 heteroatoms. The molecule has 1 N–H and O–H groups in total. The van der Waals surface area contributed by atoms with Gasteiger partial charge in [0.05, 0.1) is 4.92 Å². The summed E-state index contributed by atoms with van der Waals surface area (Å²) < 4.78 is 0. The Morgan fingerprint density at radius 2 is 2.00 bits per heavy atom. The maximum Gasteiger partial charge on any atom is 0.354 e. The molecular weight excluding hydrogens is 292 g/mol. The van der Waals surface area contributed by atoms with Gasteiger partial charge in [0.25, 0.3) is 5.69 Å². The second kappa shape index (κ2) is 6.85. The van der Waals surface area contributed by atoms with Crippen LogP contribution < -0.4 is 0 Å². The molecule has 2 rings (SSSR count). The Labute approximate surface area is 125 Å². The fourth-order valence-electron chi connectivity index (χ4n) is 1.69. The number of aromatic carboxylic acids is 1. The van der Waals surface area contributed by atoms with Crippen LogP contribution in [0.5, 0.6) is 0 Å². The number of nitrogens with zero attached hydrogens (tertiary/aromatic N) is 2. The third-order valence-electron chi connectivity index (χ3n) is 2.76. The van der Waals surface area contributed by atoms with Crippen LogP contribution >= 0.6 is 11.8 Å². The third kappa shape index (κ3) is 4.28. The Kier molecular flexibility index (Phi) is 4.89. The van der Waals surface area contributed by atoms with Crippen molar-refractivity contribution in [3.8, 4) is 0 Å². The highest BCUT2D eigenvalue weighted by Gasteiger charge is 2.06. The van der Waals surface area contributed by atoms with E-state index >= 15 is 0 Å². The molecule has 0 saturated carbocycles. The van der Waals surface area contributed by atoms with Gasteiger partial charge in [-0.25, -0.2) is 9.78 Å². The zero-order chi connectivity index (χ0) is 15.2. The lowest BCUT2D eigenvalue weighted by atomic mass is 10.1. The summed E-state index contributed by atoms with van der Waals surface area (Å²) in [4.78, 5) is 25.5. The van der Waals surface area contributed by atoms with Crippen molar-refractivity contribution in [3.63, 3.8) is 0 Å². The summed E-state index contributed by atoms with van der Waals surface area (Å²) in [6, 6.07) is 9.71. The van der Waals surface area contributed by atoms with Gasteiger partial charge in [-0.05, 0) is 24.1 Å². The van der Waals surface area contributed by atoms with Crippen molar-refractivity contribution in [3.05, 3.63) is 64.0 Å². The molecule has 0 spiro atoms. The van der Waals surface area contributed by atoms with Gasteiger partial charge in [0.1, 0.15) is 5.69 Å². The number of aromatic nitrogens is 1. The SMILES string of the molecule is O=C(O)c1cc(SCCc2ccc([N+](=O)[O-])cc2)ccn1. The number of non-ortho nitro benzene ring substituents is 1. The predicted molar refractivity (Wildman–Crippen MR) is 78.7 cm³/mol. The quantitative estimate of drug-likeness (QED) is 0.501. The van der Waals surface area contributed by atoms with E-state index in [2.05, 4.69) is 4.98 Å². The zero-order valence-corrected chi connectivity index (χ0v) is 11.7. The molecule has 0 atom stereocenters. The highest BCUT2D eigenvalue weighted by atomic mass is 32.2. The lowest BCUT2D eigenvalue weighted by Gasteiger charge is -2.03. The molecule has 6 nitrogen and oxygen atoms in total. The van der Waals surface area contributed by atoms with E-state index in [9.17, 15) is 14.9 Å². The van der Waals surface area contributed by atoms with Gasteiger partial charge >= 0.3 is 5.97 Å². The number of rotatable bonds is 6. The van der Waals surface area contributed by atoms with E-state index in [-0.39, 0.29) is 11.4 Å². The molecule has 0 unspecified atom stereocenters. The van der Waals surface area contributed by atoms with E-state index in [0.717, 1.165) is 22.6 Å². The van der Waals surface area contributed by atoms with Crippen LogP contribution in [0.1, 0.15) is 16.1 Å². The summed E-state index contributed by atoms with van der Waals surface area (Å²) in [7, 11) is 0. The third-order valence-corrected chi connectivity index (χ3v) is 3.75. The molecule has 0 fully saturated rings. The van der Waals surface area contributed by atoms with E-state index in [4.69, 9.17) is 5.11 Å². The second-order valence-electron chi connectivity index (χ2n) is 4.20. The van der Waals surface area contributed by atoms with Gasteiger partial charge in [0, 0.05) is 29.0 Å². The van der Waals surface area contributed by atoms with Gasteiger partial charge in [0.15, 0.2) is 0 Å². The molecular formula is C14H12N2O4S. The largest absolute Gasteiger partial charge is 0.477 e. The average Bonchev–Trinajstić information content (AvgIpc) is 2.48. The number of hydrogen-bond acceptors (Lipinski definition) is 5. The lowest BCUT2D eigenvalue weighted by molar-refractivity contribution is -0.384. The van der Waals surface area contributed by atoms with Crippen LogP contribution in [0, 0.1) is 10.1 Å². The van der Waals surface area contributed by atoms with Crippen LogP contribution in [-0.2, 0) is 6.42 Å². The normalized spacial score (nSPS) is 10.3. The molecule has 0 aliphatic heterocycles. The van der Waals surface area contributed by atoms with Gasteiger partial charge in [-0.2, -0.15) is 0 Å². The molecule has 21 heavy (non-hydrogen) atoms. The van der Waals surface area contributed by atoms with Gasteiger partial charge in [-0.1, -0.05) is 12.1 Å². The van der Waals surface area contributed by atoms with E-state index in [1.807, 2.05) is 0 Å². The molecule has 0 aliphatic carbocycles. The summed E-state index contributed by atoms with van der Waals surface area (Å²) in [6.45, 7) is 0. The average molecular weight is 304 g/mol. The molecule has 2 aromatic rings. The Hall–Kier alpha value is -2.41.